The van der Waals surface area contributed by atoms with Gasteiger partial charge in [0.2, 0.25) is 0 Å². The van der Waals surface area contributed by atoms with Gasteiger partial charge in [-0.05, 0) is 45.2 Å². The van der Waals surface area contributed by atoms with Gasteiger partial charge < -0.3 is 24.6 Å². The summed E-state index contributed by atoms with van der Waals surface area (Å²) < 4.78 is 26.6. The van der Waals surface area contributed by atoms with Crippen molar-refractivity contribution >= 4 is 40.6 Å². The Labute approximate surface area is 221 Å². The maximum absolute atomic E-state index is 15.9. The number of nitrogens with one attached hydrogen (secondary N) is 1. The van der Waals surface area contributed by atoms with Crippen molar-refractivity contribution in [1.29, 1.82) is 0 Å². The van der Waals surface area contributed by atoms with E-state index in [2.05, 4.69) is 20.3 Å². The number of halogens is 1. The molecule has 0 spiro atoms. The number of carbonyl (C=O) groups excluding carboxylic acids is 2. The molecule has 202 valence electrons. The minimum Gasteiger partial charge on any atom is -0.467 e. The Kier molecular flexibility index (Phi) is 7.66. The van der Waals surface area contributed by atoms with Crippen molar-refractivity contribution in [3.8, 4) is 6.01 Å². The van der Waals surface area contributed by atoms with E-state index in [4.69, 9.17) is 9.47 Å². The Hall–Kier alpha value is -4.02. The molecule has 1 N–H and O–H groups in total. The number of aromatic nitrogens is 3. The Balaban J connectivity index is 1.82. The van der Waals surface area contributed by atoms with Crippen LogP contribution >= 0.6 is 0 Å². The molecule has 10 nitrogen and oxygen atoms in total. The highest BCUT2D eigenvalue weighted by atomic mass is 19.1. The molecule has 1 aromatic carbocycles. The summed E-state index contributed by atoms with van der Waals surface area (Å²) in [5.41, 5.74) is 0.650. The van der Waals surface area contributed by atoms with Gasteiger partial charge in [0, 0.05) is 31.9 Å². The molecule has 11 heteroatoms. The first-order valence-electron chi connectivity index (χ1n) is 12.5. The van der Waals surface area contributed by atoms with Crippen molar-refractivity contribution < 1.29 is 23.5 Å². The minimum absolute atomic E-state index is 0.0297. The fraction of sp³-hybridized carbons (Fsp3) is 0.444. The van der Waals surface area contributed by atoms with Crippen molar-refractivity contribution in [2.24, 2.45) is 0 Å². The minimum atomic E-state index is -0.704. The predicted molar refractivity (Wildman–Crippen MR) is 143 cm³/mol. The van der Waals surface area contributed by atoms with Gasteiger partial charge in [0.1, 0.15) is 16.9 Å². The summed E-state index contributed by atoms with van der Waals surface area (Å²) in [6.07, 6.45) is 3.19. The number of rotatable bonds is 8. The summed E-state index contributed by atoms with van der Waals surface area (Å²) in [5, 5.41) is 3.53. The molecule has 1 unspecified atom stereocenters. The number of carbonyl (C=O) groups is 2. The summed E-state index contributed by atoms with van der Waals surface area (Å²) in [5.74, 6) is -0.253. The van der Waals surface area contributed by atoms with Gasteiger partial charge in [-0.25, -0.2) is 19.2 Å². The molecular weight excluding hydrogens is 491 g/mol. The Morgan fingerprint density at radius 1 is 1.29 bits per heavy atom. The van der Waals surface area contributed by atoms with Crippen LogP contribution in [0.3, 0.4) is 0 Å². The molecule has 4 rings (SSSR count). The number of ether oxygens (including phenoxy) is 2. The van der Waals surface area contributed by atoms with Crippen molar-refractivity contribution in [2.75, 3.05) is 37.5 Å². The number of aldehydes is 1. The van der Waals surface area contributed by atoms with Crippen LogP contribution in [0.1, 0.15) is 62.5 Å². The molecule has 1 fully saturated rings. The summed E-state index contributed by atoms with van der Waals surface area (Å²) in [6, 6.07) is 4.71. The molecule has 0 saturated carbocycles. The SMILES string of the molecule is CCC(c1cccc(C=O)c1Nc1nc(N2CCC2)c2cnc(OC)nc2c1F)N(C)C(=O)OC(C)(C)C. The Bertz CT molecular complexity index is 1360. The lowest BCUT2D eigenvalue weighted by molar-refractivity contribution is 0.0216. The molecular formula is C27H33FN6O4. The van der Waals surface area contributed by atoms with E-state index in [-0.39, 0.29) is 17.3 Å². The molecule has 0 aliphatic carbocycles. The topological polar surface area (TPSA) is 110 Å². The quantitative estimate of drug-likeness (QED) is 0.395. The highest BCUT2D eigenvalue weighted by Gasteiger charge is 2.29. The summed E-state index contributed by atoms with van der Waals surface area (Å²) in [6.45, 7) is 8.84. The van der Waals surface area contributed by atoms with Gasteiger partial charge in [0.05, 0.1) is 24.2 Å². The van der Waals surface area contributed by atoms with Crippen LogP contribution in [-0.2, 0) is 4.74 Å². The number of hydrogen-bond acceptors (Lipinski definition) is 9. The highest BCUT2D eigenvalue weighted by molar-refractivity contribution is 5.94. The second-order valence-electron chi connectivity index (χ2n) is 10.1. The fourth-order valence-electron chi connectivity index (χ4n) is 4.37. The van der Waals surface area contributed by atoms with Crippen molar-refractivity contribution in [2.45, 2.75) is 52.2 Å². The predicted octanol–water partition coefficient (Wildman–Crippen LogP) is 5.26. The van der Waals surface area contributed by atoms with Gasteiger partial charge >= 0.3 is 12.1 Å². The zero-order valence-electron chi connectivity index (χ0n) is 22.5. The standard InChI is InChI=1S/C27H33FN6O4/c1-7-19(33(5)26(36)38-27(2,3)4)17-11-8-10-16(15-35)21(17)30-23-20(28)22-18(14-29-25(31-22)37-6)24(32-23)34-12-9-13-34/h8,10-11,14-15,19H,7,9,12-13H2,1-6H3,(H,30,32). The number of methoxy groups -OCH3 is 1. The molecule has 1 aliphatic rings. The number of para-hydroxylation sites is 1. The maximum atomic E-state index is 15.9. The van der Waals surface area contributed by atoms with E-state index in [1.54, 1.807) is 46.0 Å². The molecule has 1 saturated heterocycles. The fourth-order valence-corrected chi connectivity index (χ4v) is 4.37. The van der Waals surface area contributed by atoms with Crippen LogP contribution in [0.4, 0.5) is 26.5 Å². The lowest BCUT2D eigenvalue weighted by Crippen LogP contribution is -2.38. The zero-order chi connectivity index (χ0) is 27.6. The third-order valence-electron chi connectivity index (χ3n) is 6.37. The number of hydrogen-bond donors (Lipinski definition) is 1. The second kappa shape index (κ2) is 10.8. The summed E-state index contributed by atoms with van der Waals surface area (Å²) in [4.78, 5) is 41.4. The van der Waals surface area contributed by atoms with Crippen molar-refractivity contribution in [3.05, 3.63) is 41.3 Å². The average molecular weight is 525 g/mol. The van der Waals surface area contributed by atoms with Crippen molar-refractivity contribution in [1.82, 2.24) is 19.9 Å². The van der Waals surface area contributed by atoms with Gasteiger partial charge in [-0.1, -0.05) is 19.1 Å². The molecule has 3 aromatic rings. The lowest BCUT2D eigenvalue weighted by atomic mass is 9.98. The first-order valence-corrected chi connectivity index (χ1v) is 12.5. The highest BCUT2D eigenvalue weighted by Crippen LogP contribution is 2.37. The molecule has 0 bridgehead atoms. The van der Waals surface area contributed by atoms with Crippen molar-refractivity contribution in [3.63, 3.8) is 0 Å². The van der Waals surface area contributed by atoms with Gasteiger partial charge in [-0.15, -0.1) is 0 Å². The van der Waals surface area contributed by atoms with Gasteiger partial charge in [-0.3, -0.25) is 4.79 Å². The number of anilines is 3. The van der Waals surface area contributed by atoms with E-state index in [9.17, 15) is 9.59 Å². The first kappa shape index (κ1) is 27.0. The number of nitrogens with zero attached hydrogens (tertiary/aromatic N) is 5. The molecule has 3 heterocycles. The van der Waals surface area contributed by atoms with E-state index in [1.165, 1.54) is 18.2 Å². The van der Waals surface area contributed by atoms with Crippen LogP contribution in [0.15, 0.2) is 24.4 Å². The molecule has 38 heavy (non-hydrogen) atoms. The number of pyridine rings is 1. The Morgan fingerprint density at radius 2 is 2.03 bits per heavy atom. The van der Waals surface area contributed by atoms with Crippen LogP contribution in [-0.4, -0.2) is 65.1 Å². The normalized spacial score (nSPS) is 14.0. The average Bonchev–Trinajstić information content (AvgIpc) is 2.85. The third kappa shape index (κ3) is 5.32. The lowest BCUT2D eigenvalue weighted by Gasteiger charge is -2.33. The van der Waals surface area contributed by atoms with E-state index < -0.39 is 23.6 Å². The van der Waals surface area contributed by atoms with Crippen LogP contribution in [0, 0.1) is 5.82 Å². The van der Waals surface area contributed by atoms with Gasteiger partial charge in [0.15, 0.2) is 17.9 Å². The molecule has 1 amide bonds. The van der Waals surface area contributed by atoms with E-state index in [0.717, 1.165) is 19.5 Å². The Morgan fingerprint density at radius 3 is 2.61 bits per heavy atom. The largest absolute Gasteiger partial charge is 0.467 e. The van der Waals surface area contributed by atoms with E-state index in [1.807, 2.05) is 11.8 Å². The second-order valence-corrected chi connectivity index (χ2v) is 10.1. The van der Waals surface area contributed by atoms with Crippen LogP contribution in [0.2, 0.25) is 0 Å². The molecule has 0 radical (unpaired) electrons. The number of fused-ring (bicyclic) bond motifs is 1. The summed E-state index contributed by atoms with van der Waals surface area (Å²) >= 11 is 0. The number of amides is 1. The van der Waals surface area contributed by atoms with Crippen LogP contribution in [0.25, 0.3) is 10.9 Å². The number of benzene rings is 1. The third-order valence-corrected chi connectivity index (χ3v) is 6.37. The van der Waals surface area contributed by atoms with Crippen LogP contribution in [0.5, 0.6) is 6.01 Å². The van der Waals surface area contributed by atoms with E-state index in [0.29, 0.717) is 40.7 Å². The maximum Gasteiger partial charge on any atom is 0.410 e. The van der Waals surface area contributed by atoms with Crippen LogP contribution < -0.4 is 15.0 Å². The summed E-state index contributed by atoms with van der Waals surface area (Å²) in [7, 11) is 3.05. The molecule has 1 aliphatic heterocycles. The zero-order valence-corrected chi connectivity index (χ0v) is 22.5. The van der Waals surface area contributed by atoms with Gasteiger partial charge in [0.25, 0.3) is 0 Å². The van der Waals surface area contributed by atoms with Gasteiger partial charge in [-0.2, -0.15) is 4.98 Å². The molecule has 1 atom stereocenters. The smallest absolute Gasteiger partial charge is 0.410 e. The first-order chi connectivity index (χ1) is 18.1. The monoisotopic (exact) mass is 524 g/mol. The van der Waals surface area contributed by atoms with E-state index >= 15 is 4.39 Å². The molecule has 2 aromatic heterocycles.